The van der Waals surface area contributed by atoms with Crippen molar-refractivity contribution < 1.29 is 45.0 Å². The molecule has 1 aliphatic carbocycles. The van der Waals surface area contributed by atoms with Gasteiger partial charge in [-0.3, -0.25) is 0 Å². The molecule has 236 valence electrons. The van der Waals surface area contributed by atoms with Crippen molar-refractivity contribution in [2.24, 2.45) is 5.41 Å². The minimum atomic E-state index is -1.45. The second-order valence-corrected chi connectivity index (χ2v) is 10.7. The third-order valence-electron chi connectivity index (χ3n) is 7.17. The van der Waals surface area contributed by atoms with E-state index in [1.54, 1.807) is 0 Å². The van der Waals surface area contributed by atoms with E-state index in [4.69, 9.17) is 25.2 Å². The summed E-state index contributed by atoms with van der Waals surface area (Å²) in [5, 5.41) is 57.7. The molecule has 0 saturated heterocycles. The first-order valence-electron chi connectivity index (χ1n) is 14.7. The van der Waals surface area contributed by atoms with E-state index < -0.39 is 34.6 Å². The van der Waals surface area contributed by atoms with E-state index >= 15 is 0 Å². The summed E-state index contributed by atoms with van der Waals surface area (Å²) in [6, 6.07) is 12.0. The normalized spacial score (nSPS) is 15.8. The van der Waals surface area contributed by atoms with E-state index in [0.717, 1.165) is 64.0 Å². The Labute approximate surface area is 253 Å². The molecule has 0 amide bonds. The number of aromatic hydroxyl groups is 2. The first-order valence-corrected chi connectivity index (χ1v) is 14.7. The van der Waals surface area contributed by atoms with Gasteiger partial charge in [0.05, 0.1) is 13.2 Å². The number of carboxylic acids is 2. The van der Waals surface area contributed by atoms with Gasteiger partial charge in [0.15, 0.2) is 0 Å². The van der Waals surface area contributed by atoms with Crippen molar-refractivity contribution in [3.63, 3.8) is 0 Å². The van der Waals surface area contributed by atoms with Gasteiger partial charge in [-0.25, -0.2) is 9.59 Å². The monoisotopic (exact) mass is 599 g/mol. The Bertz CT molecular complexity index is 1160. The number of hydrogen-bond donors (Lipinski definition) is 7. The molecule has 3 rings (SSSR count). The number of aliphatic hydroxyl groups excluding tert-OH is 2. The summed E-state index contributed by atoms with van der Waals surface area (Å²) in [7, 11) is 0. The van der Waals surface area contributed by atoms with Crippen LogP contribution in [0.5, 0.6) is 11.5 Å². The predicted octanol–water partition coefficient (Wildman–Crippen LogP) is 4.53. The van der Waals surface area contributed by atoms with Gasteiger partial charge < -0.3 is 40.7 Å². The lowest BCUT2D eigenvalue weighted by atomic mass is 9.79. The molecule has 0 bridgehead atoms. The molecule has 1 atom stereocenters. The summed E-state index contributed by atoms with van der Waals surface area (Å²) in [6.07, 6.45) is 14.8. The number of hydrogen-bond acceptors (Lipinski definition) is 8. The maximum absolute atomic E-state index is 10.4. The highest BCUT2D eigenvalue weighted by Gasteiger charge is 2.28. The number of aliphatic hydroxyl groups is 2. The Kier molecular flexibility index (Phi) is 16.1. The molecule has 2 aromatic rings. The summed E-state index contributed by atoms with van der Waals surface area (Å²) in [5.74, 6) is -4.30. The van der Waals surface area contributed by atoms with E-state index in [2.05, 4.69) is 41.7 Å². The van der Waals surface area contributed by atoms with Gasteiger partial charge >= 0.3 is 11.9 Å². The van der Waals surface area contributed by atoms with Crippen molar-refractivity contribution >= 4 is 11.9 Å². The molecule has 1 unspecified atom stereocenters. The third-order valence-corrected chi connectivity index (χ3v) is 7.17. The Morgan fingerprint density at radius 1 is 0.837 bits per heavy atom. The van der Waals surface area contributed by atoms with Crippen LogP contribution in [0.1, 0.15) is 71.2 Å². The summed E-state index contributed by atoms with van der Waals surface area (Å²) in [6.45, 7) is 3.64. The van der Waals surface area contributed by atoms with Crippen LogP contribution >= 0.6 is 0 Å². The van der Waals surface area contributed by atoms with Crippen molar-refractivity contribution in [3.05, 3.63) is 83.0 Å². The fourth-order valence-corrected chi connectivity index (χ4v) is 4.70. The van der Waals surface area contributed by atoms with Gasteiger partial charge in [-0.2, -0.15) is 0 Å². The van der Waals surface area contributed by atoms with Gasteiger partial charge in [-0.15, -0.1) is 0 Å². The Balaban J connectivity index is 0.000000385. The predicted molar refractivity (Wildman–Crippen MR) is 164 cm³/mol. The number of benzene rings is 2. The Morgan fingerprint density at radius 2 is 1.44 bits per heavy atom. The lowest BCUT2D eigenvalue weighted by molar-refractivity contribution is 0.0675. The highest BCUT2D eigenvalue weighted by molar-refractivity contribution is 5.96. The molecule has 1 aliphatic rings. The van der Waals surface area contributed by atoms with Crippen LogP contribution in [-0.4, -0.2) is 82.1 Å². The van der Waals surface area contributed by atoms with Crippen LogP contribution in [0.3, 0.4) is 0 Å². The maximum atomic E-state index is 10.4. The van der Waals surface area contributed by atoms with Crippen LogP contribution in [0.15, 0.2) is 66.3 Å². The van der Waals surface area contributed by atoms with Crippen LogP contribution in [0, 0.1) is 5.41 Å². The lowest BCUT2D eigenvalue weighted by Crippen LogP contribution is -2.37. The topological polar surface area (TPSA) is 177 Å². The number of aryl methyl sites for hydroxylation is 1. The first kappa shape index (κ1) is 35.5. The summed E-state index contributed by atoms with van der Waals surface area (Å²) < 4.78 is 5.75. The van der Waals surface area contributed by atoms with Gasteiger partial charge in [0.1, 0.15) is 22.6 Å². The number of nitrogens with one attached hydrogen (secondary N) is 1. The summed E-state index contributed by atoms with van der Waals surface area (Å²) >= 11 is 0. The number of allylic oxidation sites excluding steroid dienone is 2. The van der Waals surface area contributed by atoms with E-state index in [-0.39, 0.29) is 18.6 Å². The Morgan fingerprint density at radius 3 is 2.02 bits per heavy atom. The Hall–Kier alpha value is -3.70. The highest BCUT2D eigenvalue weighted by Crippen LogP contribution is 2.30. The molecule has 10 nitrogen and oxygen atoms in total. The first-order chi connectivity index (χ1) is 20.7. The molecule has 0 radical (unpaired) electrons. The number of carbonyl (C=O) groups is 2. The summed E-state index contributed by atoms with van der Waals surface area (Å²) in [4.78, 5) is 20.9. The second-order valence-electron chi connectivity index (χ2n) is 10.7. The van der Waals surface area contributed by atoms with E-state index in [1.807, 2.05) is 12.2 Å². The van der Waals surface area contributed by atoms with Gasteiger partial charge in [-0.1, -0.05) is 61.4 Å². The van der Waals surface area contributed by atoms with E-state index in [1.165, 1.54) is 24.8 Å². The van der Waals surface area contributed by atoms with Crippen LogP contribution in [0.4, 0.5) is 0 Å². The van der Waals surface area contributed by atoms with E-state index in [0.29, 0.717) is 12.1 Å². The van der Waals surface area contributed by atoms with Crippen LogP contribution < -0.4 is 5.32 Å². The fraction of sp³-hybridized carbons (Fsp3) is 0.455. The molecule has 0 spiro atoms. The molecular weight excluding hydrogens is 554 g/mol. The number of ether oxygens (including phenoxy) is 1. The number of phenols is 2. The minimum Gasteiger partial charge on any atom is -0.507 e. The van der Waals surface area contributed by atoms with Gasteiger partial charge in [-0.05, 0) is 68.3 Å². The molecule has 0 fully saturated rings. The number of unbranched alkanes of at least 4 members (excludes halogenated alkanes) is 4. The van der Waals surface area contributed by atoms with Crippen LogP contribution in [0.25, 0.3) is 0 Å². The van der Waals surface area contributed by atoms with Crippen molar-refractivity contribution in [3.8, 4) is 11.5 Å². The van der Waals surface area contributed by atoms with Crippen LogP contribution in [0.2, 0.25) is 0 Å². The standard InChI is InChI=1S/C25H39NO3.C8H6O6/c27-20-24-14-10-15-25(19-24,22-28)21-26-16-7-1-2-8-17-29-18-9-6-13-23-11-4-3-5-12-23;9-5-1-3(7(11)12)6(10)2-4(5)8(13)14/h3-5,10-12,14-15,26-28H,1-2,6-9,13,16-22H2;1-2,9-10H,(H,11,12)(H,13,14). The average molecular weight is 600 g/mol. The minimum absolute atomic E-state index is 0.0706. The average Bonchev–Trinajstić information content (AvgIpc) is 3.01. The zero-order chi connectivity index (χ0) is 31.5. The maximum Gasteiger partial charge on any atom is 0.339 e. The highest BCUT2D eigenvalue weighted by atomic mass is 16.5. The molecule has 0 aliphatic heterocycles. The van der Waals surface area contributed by atoms with Crippen molar-refractivity contribution in [1.29, 1.82) is 0 Å². The van der Waals surface area contributed by atoms with Crippen molar-refractivity contribution in [2.75, 3.05) is 39.5 Å². The second kappa shape index (κ2) is 19.5. The lowest BCUT2D eigenvalue weighted by Gasteiger charge is -2.32. The van der Waals surface area contributed by atoms with Gasteiger partial charge in [0.25, 0.3) is 0 Å². The van der Waals surface area contributed by atoms with Crippen molar-refractivity contribution in [1.82, 2.24) is 5.32 Å². The number of carboxylic acid groups (broad SMARTS) is 2. The molecule has 2 aromatic carbocycles. The number of aromatic carboxylic acids is 2. The third kappa shape index (κ3) is 13.0. The quantitative estimate of drug-likeness (QED) is 0.0952. The van der Waals surface area contributed by atoms with Crippen LogP contribution in [-0.2, 0) is 11.2 Å². The SMILES string of the molecule is O=C(O)c1cc(O)c(C(=O)O)cc1O.OCC1=CC=CC(CO)(CNCCCCCCOCCCCc2ccccc2)C1. The molecule has 0 saturated carbocycles. The molecule has 10 heteroatoms. The molecule has 0 aromatic heterocycles. The molecule has 7 N–H and O–H groups in total. The molecule has 0 heterocycles. The van der Waals surface area contributed by atoms with Gasteiger partial charge in [0.2, 0.25) is 0 Å². The van der Waals surface area contributed by atoms with Gasteiger partial charge in [0, 0.05) is 25.2 Å². The number of rotatable bonds is 18. The van der Waals surface area contributed by atoms with E-state index in [9.17, 15) is 19.8 Å². The largest absolute Gasteiger partial charge is 0.507 e. The smallest absolute Gasteiger partial charge is 0.339 e. The fourth-order valence-electron chi connectivity index (χ4n) is 4.70. The zero-order valence-electron chi connectivity index (χ0n) is 24.6. The molecular formula is C33H45NO9. The van der Waals surface area contributed by atoms with Crippen molar-refractivity contribution in [2.45, 2.75) is 51.4 Å². The molecule has 43 heavy (non-hydrogen) atoms. The zero-order valence-corrected chi connectivity index (χ0v) is 24.6. The summed E-state index contributed by atoms with van der Waals surface area (Å²) in [5.41, 5.74) is 1.04.